The normalized spacial score (nSPS) is 28.6. The van der Waals surface area contributed by atoms with Gasteiger partial charge in [0.1, 0.15) is 0 Å². The summed E-state index contributed by atoms with van der Waals surface area (Å²) < 4.78 is 0. The van der Waals surface area contributed by atoms with E-state index in [0.29, 0.717) is 18.2 Å². The highest BCUT2D eigenvalue weighted by Gasteiger charge is 2.44. The summed E-state index contributed by atoms with van der Waals surface area (Å²) in [5.41, 5.74) is 4.85. The topological polar surface area (TPSA) is 66.6 Å². The molecule has 2 N–H and O–H groups in total. The van der Waals surface area contributed by atoms with Crippen molar-refractivity contribution in [2.45, 2.75) is 13.0 Å². The van der Waals surface area contributed by atoms with Gasteiger partial charge in [0.25, 0.3) is 5.91 Å². The number of hydrogen-bond acceptors (Lipinski definition) is 4. The summed E-state index contributed by atoms with van der Waals surface area (Å²) in [5.74, 6) is 0.247. The molecular formula is C10H19N3O2. The van der Waals surface area contributed by atoms with Crippen LogP contribution in [-0.2, 0) is 9.59 Å². The number of carbonyl (C=O) groups excluding carboxylic acids is 2. The fourth-order valence-electron chi connectivity index (χ4n) is 2.15. The highest BCUT2D eigenvalue weighted by molar-refractivity contribution is 6.23. The Labute approximate surface area is 90.2 Å². The lowest BCUT2D eigenvalue weighted by Gasteiger charge is -2.40. The number of aldehydes is 1. The number of fused-ring (bicyclic) bond motifs is 1. The molecule has 5 heteroatoms. The van der Waals surface area contributed by atoms with Gasteiger partial charge in [-0.25, -0.2) is 0 Å². The Bertz CT molecular complexity index is 245. The Kier molecular flexibility index (Phi) is 4.23. The van der Waals surface area contributed by atoms with Crippen LogP contribution in [0.25, 0.3) is 0 Å². The Hall–Kier alpha value is -0.940. The molecule has 2 heterocycles. The summed E-state index contributed by atoms with van der Waals surface area (Å²) in [7, 11) is 2.05. The fraction of sp³-hybridized carbons (Fsp3) is 0.800. The molecule has 2 atom stereocenters. The standard InChI is InChI=1S/C8H12N2O2.C2H7N/c1-9-2-6-3-10(4-7(6)9)8(12)5-11;1-2-3/h5-7H,2-4H2,1H3;2-3H2,1H3/t6-,7+;/m0./s1. The summed E-state index contributed by atoms with van der Waals surface area (Å²) in [6, 6.07) is 0.508. The molecule has 0 aliphatic carbocycles. The van der Waals surface area contributed by atoms with E-state index in [1.165, 1.54) is 0 Å². The average molecular weight is 213 g/mol. The van der Waals surface area contributed by atoms with Crippen LogP contribution in [-0.4, -0.2) is 61.3 Å². The number of nitrogens with two attached hydrogens (primary N) is 1. The minimum Gasteiger partial charge on any atom is -0.334 e. The second-order valence-corrected chi connectivity index (χ2v) is 4.04. The van der Waals surface area contributed by atoms with Crippen LogP contribution in [0.4, 0.5) is 0 Å². The smallest absolute Gasteiger partial charge is 0.286 e. The first-order valence-electron chi connectivity index (χ1n) is 5.28. The predicted molar refractivity (Wildman–Crippen MR) is 57.3 cm³/mol. The van der Waals surface area contributed by atoms with Crippen molar-refractivity contribution in [3.8, 4) is 0 Å². The van der Waals surface area contributed by atoms with Gasteiger partial charge in [0.15, 0.2) is 0 Å². The van der Waals surface area contributed by atoms with Gasteiger partial charge < -0.3 is 15.5 Å². The Morgan fingerprint density at radius 3 is 2.47 bits per heavy atom. The zero-order valence-corrected chi connectivity index (χ0v) is 9.35. The summed E-state index contributed by atoms with van der Waals surface area (Å²) in [6.45, 7) is 5.22. The predicted octanol–water partition coefficient (Wildman–Crippen LogP) is -1.08. The van der Waals surface area contributed by atoms with Gasteiger partial charge in [0, 0.05) is 31.6 Å². The van der Waals surface area contributed by atoms with Gasteiger partial charge in [0.2, 0.25) is 6.29 Å². The van der Waals surface area contributed by atoms with Gasteiger partial charge in [-0.3, -0.25) is 9.59 Å². The summed E-state index contributed by atoms with van der Waals surface area (Å²) >= 11 is 0. The van der Waals surface area contributed by atoms with E-state index in [1.807, 2.05) is 6.92 Å². The van der Waals surface area contributed by atoms with E-state index in [2.05, 4.69) is 11.9 Å². The first-order valence-corrected chi connectivity index (χ1v) is 5.28. The molecule has 0 bridgehead atoms. The molecule has 2 rings (SSSR count). The van der Waals surface area contributed by atoms with Crippen LogP contribution in [0.3, 0.4) is 0 Å². The summed E-state index contributed by atoms with van der Waals surface area (Å²) in [6.07, 6.45) is 0.408. The lowest BCUT2D eigenvalue weighted by atomic mass is 9.93. The number of nitrogens with zero attached hydrogens (tertiary/aromatic N) is 2. The molecule has 0 radical (unpaired) electrons. The molecule has 0 aromatic carbocycles. The van der Waals surface area contributed by atoms with E-state index in [-0.39, 0.29) is 5.91 Å². The molecular weight excluding hydrogens is 194 g/mol. The lowest BCUT2D eigenvalue weighted by Crippen LogP contribution is -2.52. The van der Waals surface area contributed by atoms with Crippen molar-refractivity contribution >= 4 is 12.2 Å². The molecule has 15 heavy (non-hydrogen) atoms. The molecule has 0 saturated carbocycles. The maximum Gasteiger partial charge on any atom is 0.286 e. The molecule has 2 aliphatic heterocycles. The highest BCUT2D eigenvalue weighted by Crippen LogP contribution is 2.30. The number of likely N-dealkylation sites (tertiary alicyclic amines) is 2. The lowest BCUT2D eigenvalue weighted by molar-refractivity contribution is -0.138. The van der Waals surface area contributed by atoms with E-state index in [9.17, 15) is 9.59 Å². The molecule has 0 aromatic rings. The van der Waals surface area contributed by atoms with E-state index in [0.717, 1.165) is 26.2 Å². The molecule has 2 fully saturated rings. The molecule has 0 aromatic heterocycles. The second-order valence-electron chi connectivity index (χ2n) is 4.04. The van der Waals surface area contributed by atoms with Gasteiger partial charge >= 0.3 is 0 Å². The van der Waals surface area contributed by atoms with Gasteiger partial charge in [-0.1, -0.05) is 6.92 Å². The number of likely N-dealkylation sites (N-methyl/N-ethyl adjacent to an activating group) is 1. The maximum atomic E-state index is 11.0. The summed E-state index contributed by atoms with van der Waals surface area (Å²) in [5, 5.41) is 0. The molecule has 1 amide bonds. The fourth-order valence-corrected chi connectivity index (χ4v) is 2.15. The monoisotopic (exact) mass is 213 g/mol. The minimum absolute atomic E-state index is 0.363. The molecule has 0 spiro atoms. The average Bonchev–Trinajstić information content (AvgIpc) is 2.55. The van der Waals surface area contributed by atoms with Crippen LogP contribution in [0, 0.1) is 5.92 Å². The molecule has 0 unspecified atom stereocenters. The zero-order valence-electron chi connectivity index (χ0n) is 9.35. The molecule has 5 nitrogen and oxygen atoms in total. The number of rotatable bonds is 1. The van der Waals surface area contributed by atoms with Gasteiger partial charge in [-0.15, -0.1) is 0 Å². The number of hydrogen-bond donors (Lipinski definition) is 1. The number of carbonyl (C=O) groups is 2. The zero-order chi connectivity index (χ0) is 11.4. The van der Waals surface area contributed by atoms with Crippen LogP contribution in [0.5, 0.6) is 0 Å². The Morgan fingerprint density at radius 2 is 2.07 bits per heavy atom. The van der Waals surface area contributed by atoms with Crippen molar-refractivity contribution in [2.24, 2.45) is 11.7 Å². The van der Waals surface area contributed by atoms with Crippen LogP contribution in [0.15, 0.2) is 0 Å². The van der Waals surface area contributed by atoms with Gasteiger partial charge in [-0.05, 0) is 13.6 Å². The van der Waals surface area contributed by atoms with Crippen molar-refractivity contribution in [3.05, 3.63) is 0 Å². The van der Waals surface area contributed by atoms with Crippen LogP contribution in [0.1, 0.15) is 6.92 Å². The summed E-state index contributed by atoms with van der Waals surface area (Å²) in [4.78, 5) is 25.1. The van der Waals surface area contributed by atoms with Crippen molar-refractivity contribution in [2.75, 3.05) is 33.2 Å². The van der Waals surface area contributed by atoms with E-state index >= 15 is 0 Å². The maximum absolute atomic E-state index is 11.0. The van der Waals surface area contributed by atoms with Gasteiger partial charge in [0.05, 0.1) is 0 Å². The first kappa shape index (κ1) is 12.1. The Morgan fingerprint density at radius 1 is 1.47 bits per heavy atom. The van der Waals surface area contributed by atoms with Crippen molar-refractivity contribution in [3.63, 3.8) is 0 Å². The van der Waals surface area contributed by atoms with E-state index < -0.39 is 0 Å². The molecule has 2 aliphatic rings. The van der Waals surface area contributed by atoms with Crippen LogP contribution in [0.2, 0.25) is 0 Å². The molecule has 86 valence electrons. The second kappa shape index (κ2) is 5.23. The third kappa shape index (κ3) is 2.54. The largest absolute Gasteiger partial charge is 0.334 e. The quantitative estimate of drug-likeness (QED) is 0.444. The van der Waals surface area contributed by atoms with E-state index in [4.69, 9.17) is 5.73 Å². The highest BCUT2D eigenvalue weighted by atomic mass is 16.2. The SMILES string of the molecule is CCN.CN1C[C@H]2CN(C(=O)C=O)C[C@H]21. The van der Waals surface area contributed by atoms with Gasteiger partial charge in [-0.2, -0.15) is 0 Å². The Balaban J connectivity index is 0.000000337. The third-order valence-corrected chi connectivity index (χ3v) is 2.91. The third-order valence-electron chi connectivity index (χ3n) is 2.91. The molecule has 2 saturated heterocycles. The first-order chi connectivity index (χ1) is 7.13. The van der Waals surface area contributed by atoms with Crippen LogP contribution >= 0.6 is 0 Å². The van der Waals surface area contributed by atoms with E-state index in [1.54, 1.807) is 4.90 Å². The van der Waals surface area contributed by atoms with Crippen LogP contribution < -0.4 is 5.73 Å². The minimum atomic E-state index is -0.363. The van der Waals surface area contributed by atoms with Crippen molar-refractivity contribution < 1.29 is 9.59 Å². The van der Waals surface area contributed by atoms with Crippen molar-refractivity contribution in [1.29, 1.82) is 0 Å². The van der Waals surface area contributed by atoms with Crippen molar-refractivity contribution in [1.82, 2.24) is 9.80 Å². The number of amides is 1.